The van der Waals surface area contributed by atoms with Gasteiger partial charge in [0.25, 0.3) is 0 Å². The molecule has 1 aliphatic rings. The minimum atomic E-state index is -1.08. The van der Waals surface area contributed by atoms with E-state index in [0.29, 0.717) is 5.06 Å². The molecule has 1 unspecified atom stereocenters. The fraction of sp³-hybridized carbons (Fsp3) is 0.875. The average Bonchev–Trinajstić information content (AvgIpc) is 2.31. The normalized spacial score (nSPS) is 26.6. The number of piperidine rings is 1. The van der Waals surface area contributed by atoms with E-state index >= 15 is 0 Å². The van der Waals surface area contributed by atoms with Crippen LogP contribution in [0.25, 0.3) is 0 Å². The molecule has 1 heterocycles. The first-order valence-electron chi connectivity index (χ1n) is 7.81. The third-order valence-electron chi connectivity index (χ3n) is 3.81. The molecule has 1 fully saturated rings. The predicted molar refractivity (Wildman–Crippen MR) is 81.9 cm³/mol. The Hall–Kier alpha value is -1.02. The van der Waals surface area contributed by atoms with Crippen molar-refractivity contribution in [3.63, 3.8) is 0 Å². The zero-order chi connectivity index (χ0) is 18.4. The van der Waals surface area contributed by atoms with E-state index < -0.39 is 12.1 Å². The Labute approximate surface area is 138 Å². The van der Waals surface area contributed by atoms with Crippen molar-refractivity contribution in [2.24, 2.45) is 0 Å². The molecule has 1 atom stereocenters. The number of carbonyl (C=O) groups is 2. The summed E-state index contributed by atoms with van der Waals surface area (Å²) in [5.74, 6) is -1.12. The fourth-order valence-electron chi connectivity index (χ4n) is 3.08. The van der Waals surface area contributed by atoms with Crippen LogP contribution >= 0.6 is 0 Å². The molecule has 7 heteroatoms. The highest BCUT2D eigenvalue weighted by atomic mass is 16.5. The molecule has 0 saturated carbocycles. The van der Waals surface area contributed by atoms with E-state index in [2.05, 4.69) is 0 Å². The summed E-state index contributed by atoms with van der Waals surface area (Å²) in [4.78, 5) is 19.8. The first-order valence-corrected chi connectivity index (χ1v) is 7.81. The number of aliphatic hydroxyl groups is 1. The molecule has 0 aromatic heterocycles. The number of quaternary nitrogens is 1. The van der Waals surface area contributed by atoms with Crippen LogP contribution in [0.2, 0.25) is 0 Å². The summed E-state index contributed by atoms with van der Waals surface area (Å²) in [6, 6.07) is 0. The summed E-state index contributed by atoms with van der Waals surface area (Å²) in [6.45, 7) is 10.6. The Balaban J connectivity index is 0.00000108. The molecule has 23 heavy (non-hydrogen) atoms. The van der Waals surface area contributed by atoms with Crippen molar-refractivity contribution in [1.29, 1.82) is 0 Å². The number of carboxylic acids is 1. The van der Waals surface area contributed by atoms with Crippen LogP contribution in [-0.4, -0.2) is 52.0 Å². The summed E-state index contributed by atoms with van der Waals surface area (Å²) in [6.07, 6.45) is 0.867. The van der Waals surface area contributed by atoms with Crippen LogP contribution < -0.4 is 10.2 Å². The van der Waals surface area contributed by atoms with E-state index in [1.807, 2.05) is 27.7 Å². The third-order valence-corrected chi connectivity index (χ3v) is 3.81. The summed E-state index contributed by atoms with van der Waals surface area (Å²) >= 11 is 0. The number of aliphatic carboxylic acids is 1. The maximum atomic E-state index is 10.9. The Kier molecular flexibility index (Phi) is 8.34. The molecule has 1 rings (SSSR count). The van der Waals surface area contributed by atoms with Gasteiger partial charge in [0.05, 0.1) is 18.8 Å². The smallest absolute Gasteiger partial charge is 0.132 e. The molecular formula is C16H31NO6. The first-order chi connectivity index (χ1) is 10.3. The predicted octanol–water partition coefficient (Wildman–Crippen LogP) is -0.907. The summed E-state index contributed by atoms with van der Waals surface area (Å²) in [5, 5.41) is 29.3. The van der Waals surface area contributed by atoms with Crippen LogP contribution in [0.4, 0.5) is 0 Å². The van der Waals surface area contributed by atoms with Gasteiger partial charge in [0, 0.05) is 25.2 Å². The van der Waals surface area contributed by atoms with Crippen LogP contribution in [0.1, 0.15) is 60.8 Å². The molecule has 0 amide bonds. The Morgan fingerprint density at radius 3 is 1.96 bits per heavy atom. The molecular weight excluding hydrogens is 302 g/mol. The standard InChI is InChI=1S/C14H27NO4.C2H4O2/c1-10(16)6-11(17)9-19-12-7-13(2,3)15(18)14(4,5)8-12;1-2(3)4/h11-12,17-18H,6-9H2,1-5H3;1H3,(H,3,4). The minimum Gasteiger partial charge on any atom is -0.550 e. The van der Waals surface area contributed by atoms with Crippen LogP contribution in [0.3, 0.4) is 0 Å². The van der Waals surface area contributed by atoms with Gasteiger partial charge in [-0.2, -0.15) is 5.06 Å². The van der Waals surface area contributed by atoms with Crippen molar-refractivity contribution < 1.29 is 34.8 Å². The maximum absolute atomic E-state index is 10.9. The van der Waals surface area contributed by atoms with E-state index in [-0.39, 0.29) is 36.0 Å². The van der Waals surface area contributed by atoms with Gasteiger partial charge in [-0.05, 0) is 41.5 Å². The minimum absolute atomic E-state index is 0.00232. The number of ketones is 1. The highest BCUT2D eigenvalue weighted by Gasteiger charge is 2.50. The highest BCUT2D eigenvalue weighted by molar-refractivity contribution is 5.75. The van der Waals surface area contributed by atoms with Gasteiger partial charge in [0.1, 0.15) is 16.9 Å². The molecule has 0 aromatic carbocycles. The number of carboxylic acid groups (broad SMARTS) is 1. The lowest BCUT2D eigenvalue weighted by Gasteiger charge is -2.47. The van der Waals surface area contributed by atoms with Gasteiger partial charge in [-0.15, -0.1) is 0 Å². The number of ether oxygens (including phenoxy) is 1. The van der Waals surface area contributed by atoms with Gasteiger partial charge in [0.2, 0.25) is 0 Å². The maximum Gasteiger partial charge on any atom is 0.132 e. The Morgan fingerprint density at radius 2 is 1.61 bits per heavy atom. The second-order valence-corrected chi connectivity index (χ2v) is 7.53. The molecule has 3 N–H and O–H groups in total. The largest absolute Gasteiger partial charge is 0.550 e. The molecule has 0 aromatic rings. The molecule has 1 aliphatic heterocycles. The van der Waals surface area contributed by atoms with Crippen LogP contribution in [-0.2, 0) is 14.3 Å². The van der Waals surface area contributed by atoms with Gasteiger partial charge in [-0.1, -0.05) is 0 Å². The number of aliphatic hydroxyl groups excluding tert-OH is 1. The quantitative estimate of drug-likeness (QED) is 0.601. The van der Waals surface area contributed by atoms with E-state index in [1.165, 1.54) is 6.92 Å². The number of carbonyl (C=O) groups excluding carboxylic acids is 2. The van der Waals surface area contributed by atoms with Crippen LogP contribution in [0.5, 0.6) is 0 Å². The van der Waals surface area contributed by atoms with Crippen molar-refractivity contribution in [1.82, 2.24) is 0 Å². The lowest BCUT2D eigenvalue weighted by atomic mass is 9.80. The number of Topliss-reactive ketones (excluding diaryl/α,β-unsaturated/α-hetero) is 1. The zero-order valence-electron chi connectivity index (χ0n) is 15.0. The van der Waals surface area contributed by atoms with Gasteiger partial charge in [-0.25, -0.2) is 5.21 Å². The van der Waals surface area contributed by atoms with E-state index in [0.717, 1.165) is 19.8 Å². The third kappa shape index (κ3) is 8.41. The summed E-state index contributed by atoms with van der Waals surface area (Å²) in [5.41, 5.74) is -0.560. The molecule has 0 bridgehead atoms. The van der Waals surface area contributed by atoms with Gasteiger partial charge >= 0.3 is 0 Å². The van der Waals surface area contributed by atoms with Crippen LogP contribution in [0, 0.1) is 0 Å². The fourth-order valence-corrected chi connectivity index (χ4v) is 3.08. The van der Waals surface area contributed by atoms with Crippen molar-refractivity contribution in [3.05, 3.63) is 0 Å². The number of hydroxylamine groups is 2. The van der Waals surface area contributed by atoms with Crippen molar-refractivity contribution in [2.45, 2.75) is 84.1 Å². The number of hydrogen-bond acceptors (Lipinski definition) is 6. The SMILES string of the molecule is CC(=O)CC(O)COC1CC(C)(C)[NH+](O)C(C)(C)C1.CC(=O)[O-]. The lowest BCUT2D eigenvalue weighted by molar-refractivity contribution is -1.16. The zero-order valence-corrected chi connectivity index (χ0v) is 15.0. The monoisotopic (exact) mass is 333 g/mol. The molecule has 1 saturated heterocycles. The van der Waals surface area contributed by atoms with Gasteiger partial charge in [0.15, 0.2) is 0 Å². The molecule has 136 valence electrons. The molecule has 0 spiro atoms. The average molecular weight is 333 g/mol. The van der Waals surface area contributed by atoms with E-state index in [9.17, 15) is 15.1 Å². The Bertz CT molecular complexity index is 385. The van der Waals surface area contributed by atoms with Crippen molar-refractivity contribution in [2.75, 3.05) is 6.61 Å². The highest BCUT2D eigenvalue weighted by Crippen LogP contribution is 2.25. The van der Waals surface area contributed by atoms with E-state index in [1.54, 1.807) is 0 Å². The van der Waals surface area contributed by atoms with Gasteiger partial charge < -0.3 is 19.7 Å². The summed E-state index contributed by atoms with van der Waals surface area (Å²) in [7, 11) is 0. The first kappa shape index (κ1) is 22.0. The number of rotatable bonds is 5. The second kappa shape index (κ2) is 8.73. The van der Waals surface area contributed by atoms with Gasteiger partial charge in [-0.3, -0.25) is 4.79 Å². The lowest BCUT2D eigenvalue weighted by Crippen LogP contribution is -3.25. The Morgan fingerprint density at radius 1 is 1.22 bits per heavy atom. The number of hydrogen-bond donors (Lipinski definition) is 3. The van der Waals surface area contributed by atoms with Crippen molar-refractivity contribution >= 4 is 11.8 Å². The topological polar surface area (TPSA) is 111 Å². The van der Waals surface area contributed by atoms with E-state index in [4.69, 9.17) is 14.6 Å². The second-order valence-electron chi connectivity index (χ2n) is 7.53. The molecule has 7 nitrogen and oxygen atoms in total. The van der Waals surface area contributed by atoms with Crippen molar-refractivity contribution in [3.8, 4) is 0 Å². The van der Waals surface area contributed by atoms with Crippen LogP contribution in [0.15, 0.2) is 0 Å². The summed E-state index contributed by atoms with van der Waals surface area (Å²) < 4.78 is 5.74. The molecule has 0 radical (unpaired) electrons. The number of nitrogens with one attached hydrogen (secondary N) is 1. The molecule has 0 aliphatic carbocycles.